The van der Waals surface area contributed by atoms with Gasteiger partial charge in [-0.15, -0.1) is 0 Å². The minimum Gasteiger partial charge on any atom is -0.497 e. The Morgan fingerprint density at radius 1 is 1.21 bits per heavy atom. The van der Waals surface area contributed by atoms with Gasteiger partial charge in [-0.05, 0) is 72.3 Å². The number of hydrogen-bond acceptors (Lipinski definition) is 3. The summed E-state index contributed by atoms with van der Waals surface area (Å²) in [5.74, 6) is 1.32. The lowest BCUT2D eigenvalue weighted by molar-refractivity contribution is -0.123. The van der Waals surface area contributed by atoms with Crippen LogP contribution in [0.15, 0.2) is 36.4 Å². The van der Waals surface area contributed by atoms with Crippen molar-refractivity contribution in [1.29, 1.82) is 0 Å². The number of carbonyl (C=O) groups excluding carboxylic acids is 1. The van der Waals surface area contributed by atoms with E-state index in [0.29, 0.717) is 12.0 Å². The van der Waals surface area contributed by atoms with Gasteiger partial charge in [0.2, 0.25) is 5.91 Å². The van der Waals surface area contributed by atoms with Crippen molar-refractivity contribution in [3.63, 3.8) is 0 Å². The van der Waals surface area contributed by atoms with Crippen molar-refractivity contribution in [3.05, 3.63) is 42.0 Å². The van der Waals surface area contributed by atoms with E-state index in [1.54, 1.807) is 7.11 Å². The first-order valence-corrected chi connectivity index (χ1v) is 8.75. The molecule has 4 heteroatoms. The molecule has 1 heterocycles. The van der Waals surface area contributed by atoms with Crippen LogP contribution in [0.5, 0.6) is 5.75 Å². The number of hydrogen-bond donors (Lipinski definition) is 2. The first-order valence-electron chi connectivity index (χ1n) is 8.75. The van der Waals surface area contributed by atoms with Crippen LogP contribution >= 0.6 is 0 Å². The minimum absolute atomic E-state index is 0.226. The van der Waals surface area contributed by atoms with E-state index in [2.05, 4.69) is 34.9 Å². The molecule has 4 nitrogen and oxygen atoms in total. The van der Waals surface area contributed by atoms with E-state index in [4.69, 9.17) is 4.74 Å². The molecule has 1 saturated carbocycles. The number of methoxy groups -OCH3 is 1. The largest absolute Gasteiger partial charge is 0.497 e. The Hall–Kier alpha value is -2.07. The van der Waals surface area contributed by atoms with Crippen LogP contribution < -0.4 is 15.4 Å². The second kappa shape index (κ2) is 6.10. The number of benzene rings is 2. The summed E-state index contributed by atoms with van der Waals surface area (Å²) in [5.41, 5.74) is 1.44. The van der Waals surface area contributed by atoms with Gasteiger partial charge in [0.25, 0.3) is 0 Å². The maximum atomic E-state index is 12.5. The molecule has 1 spiro atoms. The lowest BCUT2D eigenvalue weighted by atomic mass is 9.92. The van der Waals surface area contributed by atoms with Gasteiger partial charge in [-0.1, -0.05) is 18.2 Å². The topological polar surface area (TPSA) is 50.4 Å². The minimum atomic E-state index is 0.226. The zero-order chi connectivity index (χ0) is 16.6. The molecule has 0 bridgehead atoms. The van der Waals surface area contributed by atoms with Gasteiger partial charge in [-0.2, -0.15) is 0 Å². The lowest BCUT2D eigenvalue weighted by Crippen LogP contribution is -2.33. The molecule has 1 aliphatic carbocycles. The summed E-state index contributed by atoms with van der Waals surface area (Å²) < 4.78 is 5.26. The molecule has 2 aliphatic rings. The molecule has 4 rings (SSSR count). The van der Waals surface area contributed by atoms with E-state index in [1.807, 2.05) is 12.1 Å². The fraction of sp³-hybridized carbons (Fsp3) is 0.450. The summed E-state index contributed by atoms with van der Waals surface area (Å²) in [7, 11) is 1.68. The van der Waals surface area contributed by atoms with E-state index >= 15 is 0 Å². The van der Waals surface area contributed by atoms with E-state index in [9.17, 15) is 4.79 Å². The van der Waals surface area contributed by atoms with Gasteiger partial charge in [0.15, 0.2) is 0 Å². The van der Waals surface area contributed by atoms with Gasteiger partial charge in [-0.25, -0.2) is 0 Å². The van der Waals surface area contributed by atoms with Crippen molar-refractivity contribution < 1.29 is 9.53 Å². The Labute approximate surface area is 142 Å². The van der Waals surface area contributed by atoms with E-state index in [-0.39, 0.29) is 11.8 Å². The molecule has 0 aromatic heterocycles. The van der Waals surface area contributed by atoms with Gasteiger partial charge in [0.05, 0.1) is 7.11 Å². The summed E-state index contributed by atoms with van der Waals surface area (Å²) in [4.78, 5) is 12.5. The van der Waals surface area contributed by atoms with Crippen molar-refractivity contribution in [3.8, 4) is 5.75 Å². The van der Waals surface area contributed by atoms with Crippen LogP contribution in [0.3, 0.4) is 0 Å². The van der Waals surface area contributed by atoms with Crippen LogP contribution in [0.1, 0.15) is 24.8 Å². The molecule has 1 atom stereocenters. The smallest absolute Gasteiger partial charge is 0.223 e. The molecule has 2 aromatic rings. The number of ether oxygens (including phenoxy) is 1. The third kappa shape index (κ3) is 2.86. The van der Waals surface area contributed by atoms with Crippen molar-refractivity contribution in [2.45, 2.75) is 25.8 Å². The van der Waals surface area contributed by atoms with Crippen molar-refractivity contribution in [2.75, 3.05) is 20.2 Å². The number of fused-ring (bicyclic) bond motifs is 1. The van der Waals surface area contributed by atoms with Crippen LogP contribution in [0.4, 0.5) is 0 Å². The Balaban J connectivity index is 1.39. The summed E-state index contributed by atoms with van der Waals surface area (Å²) in [6.07, 6.45) is 3.35. The average molecular weight is 324 g/mol. The average Bonchev–Trinajstić information content (AvgIpc) is 3.32. The van der Waals surface area contributed by atoms with E-state index in [0.717, 1.165) is 49.1 Å². The summed E-state index contributed by atoms with van der Waals surface area (Å²) >= 11 is 0. The molecular weight excluding hydrogens is 300 g/mol. The van der Waals surface area contributed by atoms with Crippen molar-refractivity contribution >= 4 is 16.7 Å². The molecule has 2 aromatic carbocycles. The Morgan fingerprint density at radius 3 is 2.75 bits per heavy atom. The SMILES string of the molecule is COc1ccc2cc(CNC(=O)C3CC34CCNCC4)ccc2c1. The van der Waals surface area contributed by atoms with Crippen LogP contribution in [0.2, 0.25) is 0 Å². The van der Waals surface area contributed by atoms with Crippen LogP contribution in [-0.2, 0) is 11.3 Å². The highest BCUT2D eigenvalue weighted by Gasteiger charge is 2.57. The quantitative estimate of drug-likeness (QED) is 0.909. The molecule has 24 heavy (non-hydrogen) atoms. The van der Waals surface area contributed by atoms with Crippen LogP contribution in [-0.4, -0.2) is 26.1 Å². The Kier molecular flexibility index (Phi) is 3.93. The van der Waals surface area contributed by atoms with Crippen molar-refractivity contribution in [2.24, 2.45) is 11.3 Å². The second-order valence-corrected chi connectivity index (χ2v) is 7.13. The number of piperidine rings is 1. The van der Waals surface area contributed by atoms with Crippen LogP contribution in [0, 0.1) is 11.3 Å². The summed E-state index contributed by atoms with van der Waals surface area (Å²) in [6.45, 7) is 2.71. The first kappa shape index (κ1) is 15.5. The van der Waals surface area contributed by atoms with Gasteiger partial charge in [0, 0.05) is 12.5 Å². The third-order valence-corrected chi connectivity index (χ3v) is 5.68. The summed E-state index contributed by atoms with van der Waals surface area (Å²) in [5, 5.41) is 8.84. The molecule has 126 valence electrons. The molecule has 1 saturated heterocycles. The predicted octanol–water partition coefficient (Wildman–Crippen LogP) is 2.85. The standard InChI is InChI=1S/C20H24N2O2/c1-24-17-5-4-15-10-14(2-3-16(15)11-17)13-22-19(23)18-12-20(18)6-8-21-9-7-20/h2-5,10-11,18,21H,6-9,12-13H2,1H3,(H,22,23). The number of amides is 1. The highest BCUT2D eigenvalue weighted by molar-refractivity contribution is 5.85. The molecule has 0 radical (unpaired) electrons. The highest BCUT2D eigenvalue weighted by Crippen LogP contribution is 2.58. The lowest BCUT2D eigenvalue weighted by Gasteiger charge is -2.23. The summed E-state index contributed by atoms with van der Waals surface area (Å²) in [6, 6.07) is 12.4. The number of rotatable bonds is 4. The second-order valence-electron chi connectivity index (χ2n) is 7.13. The molecule has 1 unspecified atom stereocenters. The number of carbonyl (C=O) groups is 1. The molecule has 1 aliphatic heterocycles. The fourth-order valence-electron chi connectivity index (χ4n) is 4.02. The van der Waals surface area contributed by atoms with Gasteiger partial charge >= 0.3 is 0 Å². The van der Waals surface area contributed by atoms with Gasteiger partial charge < -0.3 is 15.4 Å². The number of nitrogens with one attached hydrogen (secondary N) is 2. The zero-order valence-corrected chi connectivity index (χ0v) is 14.1. The Bertz CT molecular complexity index is 765. The van der Waals surface area contributed by atoms with E-state index in [1.165, 1.54) is 5.39 Å². The maximum Gasteiger partial charge on any atom is 0.223 e. The molecule has 2 fully saturated rings. The van der Waals surface area contributed by atoms with Crippen LogP contribution in [0.25, 0.3) is 10.8 Å². The molecular formula is C20H24N2O2. The fourth-order valence-corrected chi connectivity index (χ4v) is 4.02. The molecule has 1 amide bonds. The van der Waals surface area contributed by atoms with E-state index < -0.39 is 0 Å². The monoisotopic (exact) mass is 324 g/mol. The maximum absolute atomic E-state index is 12.5. The zero-order valence-electron chi connectivity index (χ0n) is 14.1. The van der Waals surface area contributed by atoms with Gasteiger partial charge in [0.1, 0.15) is 5.75 Å². The normalized spacial score (nSPS) is 21.6. The Morgan fingerprint density at radius 2 is 1.96 bits per heavy atom. The van der Waals surface area contributed by atoms with Gasteiger partial charge in [-0.3, -0.25) is 4.79 Å². The molecule has 2 N–H and O–H groups in total. The third-order valence-electron chi connectivity index (χ3n) is 5.68. The first-order chi connectivity index (χ1) is 11.7. The predicted molar refractivity (Wildman–Crippen MR) is 95.0 cm³/mol. The highest BCUT2D eigenvalue weighted by atomic mass is 16.5. The van der Waals surface area contributed by atoms with Crippen molar-refractivity contribution in [1.82, 2.24) is 10.6 Å².